The zero-order chi connectivity index (χ0) is 16.0. The number of nitrogens with one attached hydrogen (secondary N) is 2. The Labute approximate surface area is 132 Å². The van der Waals surface area contributed by atoms with Gasteiger partial charge in [0.15, 0.2) is 0 Å². The normalized spacial score (nSPS) is 10.9. The van der Waals surface area contributed by atoms with E-state index in [0.717, 1.165) is 0 Å². The third kappa shape index (κ3) is 6.48. The number of ether oxygens (including phenoxy) is 1. The van der Waals surface area contributed by atoms with Gasteiger partial charge in [0.05, 0.1) is 5.56 Å². The molecule has 0 aliphatic carbocycles. The maximum Gasteiger partial charge on any atom is 0.407 e. The standard InChI is InChI=1S/C14H19BrN2O4/c1-14(2,3)21-13(20)17-7-6-16-12(19)10-5-4-9(15)8-11(10)18/h4-5,8,18H,6-7H2,1-3H3,(H,16,19)(H,17,20). The Balaban J connectivity index is 2.36. The summed E-state index contributed by atoms with van der Waals surface area (Å²) < 4.78 is 5.74. The molecule has 0 saturated carbocycles. The highest BCUT2D eigenvalue weighted by atomic mass is 79.9. The number of hydrogen-bond acceptors (Lipinski definition) is 4. The highest BCUT2D eigenvalue weighted by molar-refractivity contribution is 9.10. The number of hydrogen-bond donors (Lipinski definition) is 3. The van der Waals surface area contributed by atoms with Gasteiger partial charge in [0.2, 0.25) is 0 Å². The fourth-order valence-electron chi connectivity index (χ4n) is 1.45. The minimum absolute atomic E-state index is 0.109. The zero-order valence-electron chi connectivity index (χ0n) is 12.2. The van der Waals surface area contributed by atoms with Gasteiger partial charge in [-0.05, 0) is 39.0 Å². The molecule has 0 aliphatic rings. The van der Waals surface area contributed by atoms with E-state index in [1.165, 1.54) is 12.1 Å². The molecule has 0 fully saturated rings. The van der Waals surface area contributed by atoms with Crippen molar-refractivity contribution in [3.05, 3.63) is 28.2 Å². The summed E-state index contributed by atoms with van der Waals surface area (Å²) in [6.07, 6.45) is -0.539. The lowest BCUT2D eigenvalue weighted by atomic mass is 10.2. The van der Waals surface area contributed by atoms with E-state index in [4.69, 9.17) is 4.74 Å². The predicted molar refractivity (Wildman–Crippen MR) is 82.4 cm³/mol. The number of phenols is 1. The van der Waals surface area contributed by atoms with Gasteiger partial charge < -0.3 is 20.5 Å². The van der Waals surface area contributed by atoms with E-state index >= 15 is 0 Å². The quantitative estimate of drug-likeness (QED) is 0.721. The fourth-order valence-corrected chi connectivity index (χ4v) is 1.80. The van der Waals surface area contributed by atoms with Crippen LogP contribution >= 0.6 is 15.9 Å². The number of rotatable bonds is 4. The summed E-state index contributed by atoms with van der Waals surface area (Å²) in [5, 5.41) is 14.8. The first-order valence-electron chi connectivity index (χ1n) is 6.42. The van der Waals surface area contributed by atoms with Crippen LogP contribution in [0, 0.1) is 0 Å². The van der Waals surface area contributed by atoms with Gasteiger partial charge in [-0.2, -0.15) is 0 Å². The number of carbonyl (C=O) groups is 2. The number of carbonyl (C=O) groups excluding carboxylic acids is 2. The SMILES string of the molecule is CC(C)(C)OC(=O)NCCNC(=O)c1ccc(Br)cc1O. The summed E-state index contributed by atoms with van der Waals surface area (Å²) in [7, 11) is 0. The minimum atomic E-state index is -0.559. The van der Waals surface area contributed by atoms with Crippen LogP contribution in [0.3, 0.4) is 0 Å². The van der Waals surface area contributed by atoms with Gasteiger partial charge in [0, 0.05) is 17.6 Å². The summed E-state index contributed by atoms with van der Waals surface area (Å²) >= 11 is 3.20. The van der Waals surface area contributed by atoms with E-state index in [-0.39, 0.29) is 24.4 Å². The second-order valence-corrected chi connectivity index (χ2v) is 6.26. The predicted octanol–water partition coefficient (Wildman–Crippen LogP) is 2.41. The summed E-state index contributed by atoms with van der Waals surface area (Å²) in [5.41, 5.74) is -0.383. The molecule has 0 saturated heterocycles. The van der Waals surface area contributed by atoms with Crippen molar-refractivity contribution in [3.8, 4) is 5.75 Å². The van der Waals surface area contributed by atoms with Gasteiger partial charge in [-0.25, -0.2) is 4.79 Å². The lowest BCUT2D eigenvalue weighted by Gasteiger charge is -2.19. The highest BCUT2D eigenvalue weighted by Gasteiger charge is 2.15. The van der Waals surface area contributed by atoms with Crippen LogP contribution in [0.5, 0.6) is 5.75 Å². The minimum Gasteiger partial charge on any atom is -0.507 e. The van der Waals surface area contributed by atoms with Gasteiger partial charge in [-0.15, -0.1) is 0 Å². The molecule has 116 valence electrons. The van der Waals surface area contributed by atoms with Gasteiger partial charge in [0.1, 0.15) is 11.4 Å². The Morgan fingerprint density at radius 2 is 1.86 bits per heavy atom. The van der Waals surface area contributed by atoms with Crippen molar-refractivity contribution >= 4 is 27.9 Å². The van der Waals surface area contributed by atoms with Crippen molar-refractivity contribution in [1.29, 1.82) is 0 Å². The van der Waals surface area contributed by atoms with E-state index in [1.54, 1.807) is 26.8 Å². The first-order chi connectivity index (χ1) is 9.69. The third-order valence-electron chi connectivity index (χ3n) is 2.28. The van der Waals surface area contributed by atoms with Crippen LogP contribution in [-0.2, 0) is 4.74 Å². The van der Waals surface area contributed by atoms with Crippen molar-refractivity contribution in [3.63, 3.8) is 0 Å². The Bertz CT molecular complexity index is 526. The van der Waals surface area contributed by atoms with Gasteiger partial charge in [0.25, 0.3) is 5.91 Å². The average Bonchev–Trinajstić information content (AvgIpc) is 2.32. The molecule has 21 heavy (non-hydrogen) atoms. The Morgan fingerprint density at radius 3 is 2.43 bits per heavy atom. The van der Waals surface area contributed by atoms with E-state index in [2.05, 4.69) is 26.6 Å². The van der Waals surface area contributed by atoms with Gasteiger partial charge >= 0.3 is 6.09 Å². The fraction of sp³-hybridized carbons (Fsp3) is 0.429. The highest BCUT2D eigenvalue weighted by Crippen LogP contribution is 2.21. The second-order valence-electron chi connectivity index (χ2n) is 5.35. The molecular weight excluding hydrogens is 340 g/mol. The molecule has 0 spiro atoms. The number of alkyl carbamates (subject to hydrolysis) is 1. The molecule has 0 aromatic heterocycles. The molecule has 0 radical (unpaired) electrons. The molecular formula is C14H19BrN2O4. The molecule has 0 aliphatic heterocycles. The first-order valence-corrected chi connectivity index (χ1v) is 7.22. The summed E-state index contributed by atoms with van der Waals surface area (Å²) in [6.45, 7) is 5.77. The number of aromatic hydroxyl groups is 1. The smallest absolute Gasteiger partial charge is 0.407 e. The van der Waals surface area contributed by atoms with E-state index in [9.17, 15) is 14.7 Å². The molecule has 1 rings (SSSR count). The van der Waals surface area contributed by atoms with Crippen molar-refractivity contribution in [2.45, 2.75) is 26.4 Å². The topological polar surface area (TPSA) is 87.7 Å². The molecule has 3 N–H and O–H groups in total. The van der Waals surface area contributed by atoms with Crippen LogP contribution in [0.2, 0.25) is 0 Å². The van der Waals surface area contributed by atoms with Gasteiger partial charge in [-0.1, -0.05) is 15.9 Å². The third-order valence-corrected chi connectivity index (χ3v) is 2.78. The van der Waals surface area contributed by atoms with Crippen molar-refractivity contribution in [2.75, 3.05) is 13.1 Å². The molecule has 0 heterocycles. The van der Waals surface area contributed by atoms with E-state index in [1.807, 2.05) is 0 Å². The van der Waals surface area contributed by atoms with Crippen LogP contribution in [-0.4, -0.2) is 35.8 Å². The summed E-state index contributed by atoms with van der Waals surface area (Å²) in [6, 6.07) is 4.61. The van der Waals surface area contributed by atoms with Crippen molar-refractivity contribution in [2.24, 2.45) is 0 Å². The largest absolute Gasteiger partial charge is 0.507 e. The van der Waals surface area contributed by atoms with E-state index in [0.29, 0.717) is 4.47 Å². The number of amides is 2. The molecule has 0 unspecified atom stereocenters. The lowest BCUT2D eigenvalue weighted by Crippen LogP contribution is -2.37. The molecule has 2 amide bonds. The van der Waals surface area contributed by atoms with Gasteiger partial charge in [-0.3, -0.25) is 4.79 Å². The molecule has 7 heteroatoms. The zero-order valence-corrected chi connectivity index (χ0v) is 13.8. The second kappa shape index (κ2) is 7.31. The van der Waals surface area contributed by atoms with Crippen LogP contribution in [0.1, 0.15) is 31.1 Å². The van der Waals surface area contributed by atoms with Crippen molar-refractivity contribution in [1.82, 2.24) is 10.6 Å². The first kappa shape index (κ1) is 17.3. The number of benzene rings is 1. The molecule has 1 aromatic carbocycles. The molecule has 6 nitrogen and oxygen atoms in total. The Morgan fingerprint density at radius 1 is 1.24 bits per heavy atom. The maximum absolute atomic E-state index is 11.8. The summed E-state index contributed by atoms with van der Waals surface area (Å²) in [4.78, 5) is 23.2. The van der Waals surface area contributed by atoms with Crippen molar-refractivity contribution < 1.29 is 19.4 Å². The van der Waals surface area contributed by atoms with Crippen LogP contribution in [0.25, 0.3) is 0 Å². The Kier molecular flexibility index (Phi) is 6.02. The monoisotopic (exact) mass is 358 g/mol. The summed E-state index contributed by atoms with van der Waals surface area (Å²) in [5.74, 6) is -0.520. The van der Waals surface area contributed by atoms with Crippen LogP contribution in [0.15, 0.2) is 22.7 Å². The molecule has 0 atom stereocenters. The average molecular weight is 359 g/mol. The lowest BCUT2D eigenvalue weighted by molar-refractivity contribution is 0.0526. The molecule has 0 bridgehead atoms. The van der Waals surface area contributed by atoms with Crippen LogP contribution < -0.4 is 10.6 Å². The van der Waals surface area contributed by atoms with Crippen LogP contribution in [0.4, 0.5) is 4.79 Å². The maximum atomic E-state index is 11.8. The number of phenolic OH excluding ortho intramolecular Hbond substituents is 1. The molecule has 1 aromatic rings. The number of halogens is 1. The Hall–Kier alpha value is -1.76. The van der Waals surface area contributed by atoms with E-state index < -0.39 is 17.6 Å².